The fraction of sp³-hybridized carbons (Fsp3) is 0.417. The van der Waals surface area contributed by atoms with Crippen molar-refractivity contribution in [2.45, 2.75) is 19.4 Å². The quantitative estimate of drug-likeness (QED) is 0.877. The van der Waals surface area contributed by atoms with Crippen LogP contribution in [-0.4, -0.2) is 18.2 Å². The summed E-state index contributed by atoms with van der Waals surface area (Å²) in [6.07, 6.45) is 0.0385. The lowest BCUT2D eigenvalue weighted by Gasteiger charge is -2.21. The number of benzene rings is 1. The Bertz CT molecular complexity index is 409. The van der Waals surface area contributed by atoms with E-state index in [0.29, 0.717) is 5.75 Å². The van der Waals surface area contributed by atoms with Crippen LogP contribution in [0, 0.1) is 5.92 Å². The van der Waals surface area contributed by atoms with Gasteiger partial charge in [-0.15, -0.1) is 0 Å². The Morgan fingerprint density at radius 2 is 2.24 bits per heavy atom. The number of hydrogen-bond acceptors (Lipinski definition) is 3. The number of carbonyl (C=O) groups is 1. The van der Waals surface area contributed by atoms with Gasteiger partial charge in [-0.1, -0.05) is 22.9 Å². The molecular weight excluding hydrogens is 286 g/mol. The first kappa shape index (κ1) is 14.0. The Morgan fingerprint density at radius 3 is 2.76 bits per heavy atom. The summed E-state index contributed by atoms with van der Waals surface area (Å²) in [5.74, 6) is -0.324. The molecule has 0 aliphatic carbocycles. The van der Waals surface area contributed by atoms with Gasteiger partial charge in [0.2, 0.25) is 0 Å². The van der Waals surface area contributed by atoms with E-state index in [2.05, 4.69) is 15.9 Å². The molecule has 0 fully saturated rings. The first-order valence-electron chi connectivity index (χ1n) is 5.26. The average molecular weight is 302 g/mol. The molecule has 0 heterocycles. The van der Waals surface area contributed by atoms with Crippen molar-refractivity contribution >= 4 is 21.9 Å². The van der Waals surface area contributed by atoms with Crippen LogP contribution < -0.4 is 10.5 Å². The number of carboxylic acid groups (broad SMARTS) is 1. The smallest absolute Gasteiger partial charge is 0.303 e. The molecule has 94 valence electrons. The Morgan fingerprint density at radius 1 is 1.59 bits per heavy atom. The molecule has 1 aromatic carbocycles. The molecule has 0 amide bonds. The largest absolute Gasteiger partial charge is 0.496 e. The molecule has 2 atom stereocenters. The number of hydrogen-bond donors (Lipinski definition) is 2. The van der Waals surface area contributed by atoms with Crippen LogP contribution in [-0.2, 0) is 4.79 Å². The molecule has 0 saturated heterocycles. The number of methoxy groups -OCH3 is 1. The molecule has 0 spiro atoms. The van der Waals surface area contributed by atoms with Gasteiger partial charge in [-0.25, -0.2) is 0 Å². The van der Waals surface area contributed by atoms with Crippen LogP contribution >= 0.6 is 15.9 Å². The van der Waals surface area contributed by atoms with Gasteiger partial charge >= 0.3 is 5.97 Å². The molecule has 1 aromatic rings. The summed E-state index contributed by atoms with van der Waals surface area (Å²) in [5, 5.41) is 8.76. The van der Waals surface area contributed by atoms with E-state index in [0.717, 1.165) is 10.0 Å². The van der Waals surface area contributed by atoms with Gasteiger partial charge in [-0.3, -0.25) is 4.79 Å². The van der Waals surface area contributed by atoms with E-state index < -0.39 is 5.97 Å². The highest BCUT2D eigenvalue weighted by molar-refractivity contribution is 9.10. The lowest BCUT2D eigenvalue weighted by molar-refractivity contribution is -0.138. The first-order chi connectivity index (χ1) is 7.95. The van der Waals surface area contributed by atoms with Gasteiger partial charge in [0, 0.05) is 22.5 Å². The van der Waals surface area contributed by atoms with Crippen LogP contribution in [0.3, 0.4) is 0 Å². The molecular formula is C12H16BrNO3. The topological polar surface area (TPSA) is 72.5 Å². The third-order valence-electron chi connectivity index (χ3n) is 2.66. The Hall–Kier alpha value is -1.07. The van der Waals surface area contributed by atoms with Gasteiger partial charge in [0.1, 0.15) is 5.75 Å². The van der Waals surface area contributed by atoms with Crippen LogP contribution in [0.1, 0.15) is 24.9 Å². The van der Waals surface area contributed by atoms with Crippen LogP contribution in [0.2, 0.25) is 0 Å². The highest BCUT2D eigenvalue weighted by Gasteiger charge is 2.21. The number of aliphatic carboxylic acids is 1. The van der Waals surface area contributed by atoms with Gasteiger partial charge in [-0.05, 0) is 24.1 Å². The van der Waals surface area contributed by atoms with Crippen molar-refractivity contribution < 1.29 is 14.6 Å². The molecule has 5 heteroatoms. The number of rotatable bonds is 5. The highest BCUT2D eigenvalue weighted by Crippen LogP contribution is 2.32. The molecule has 0 aromatic heterocycles. The first-order valence-corrected chi connectivity index (χ1v) is 6.05. The predicted molar refractivity (Wildman–Crippen MR) is 69.0 cm³/mol. The second-order valence-electron chi connectivity index (χ2n) is 3.99. The Kier molecular flexibility index (Phi) is 4.96. The second kappa shape index (κ2) is 6.02. The zero-order valence-corrected chi connectivity index (χ0v) is 11.4. The molecule has 0 radical (unpaired) electrons. The molecule has 4 nitrogen and oxygen atoms in total. The maximum Gasteiger partial charge on any atom is 0.303 e. The zero-order valence-electron chi connectivity index (χ0n) is 9.81. The molecule has 0 saturated carbocycles. The molecule has 1 rings (SSSR count). The van der Waals surface area contributed by atoms with E-state index in [-0.39, 0.29) is 18.4 Å². The fourth-order valence-corrected chi connectivity index (χ4v) is 2.05. The minimum absolute atomic E-state index is 0.0385. The van der Waals surface area contributed by atoms with E-state index in [1.54, 1.807) is 7.11 Å². The van der Waals surface area contributed by atoms with Gasteiger partial charge in [0.05, 0.1) is 7.11 Å². The Labute approximate surface area is 109 Å². The van der Waals surface area contributed by atoms with Crippen LogP contribution in [0.5, 0.6) is 5.75 Å². The van der Waals surface area contributed by atoms with Crippen LogP contribution in [0.15, 0.2) is 22.7 Å². The van der Waals surface area contributed by atoms with E-state index in [9.17, 15) is 4.79 Å². The third-order valence-corrected chi connectivity index (χ3v) is 3.15. The summed E-state index contributed by atoms with van der Waals surface area (Å²) >= 11 is 3.37. The number of ether oxygens (including phenoxy) is 1. The van der Waals surface area contributed by atoms with Crippen molar-refractivity contribution in [3.63, 3.8) is 0 Å². The summed E-state index contributed by atoms with van der Waals surface area (Å²) in [7, 11) is 1.57. The second-order valence-corrected chi connectivity index (χ2v) is 4.90. The zero-order chi connectivity index (χ0) is 13.0. The van der Waals surface area contributed by atoms with Crippen molar-refractivity contribution in [1.82, 2.24) is 0 Å². The maximum atomic E-state index is 10.7. The molecule has 0 aliphatic rings. The SMILES string of the molecule is COc1ccc(Br)cc1C(N)C(C)CC(=O)O. The summed E-state index contributed by atoms with van der Waals surface area (Å²) in [5.41, 5.74) is 6.88. The van der Waals surface area contributed by atoms with E-state index in [1.165, 1.54) is 0 Å². The van der Waals surface area contributed by atoms with Gasteiger partial charge in [-0.2, -0.15) is 0 Å². The minimum atomic E-state index is -0.845. The third kappa shape index (κ3) is 3.71. The lowest BCUT2D eigenvalue weighted by atomic mass is 9.92. The highest BCUT2D eigenvalue weighted by atomic mass is 79.9. The van der Waals surface area contributed by atoms with E-state index >= 15 is 0 Å². The standard InChI is InChI=1S/C12H16BrNO3/c1-7(5-11(15)16)12(14)9-6-8(13)3-4-10(9)17-2/h3-4,6-7,12H,5,14H2,1-2H3,(H,15,16). The summed E-state index contributed by atoms with van der Waals surface area (Å²) in [4.78, 5) is 10.7. The lowest BCUT2D eigenvalue weighted by Crippen LogP contribution is -2.22. The summed E-state index contributed by atoms with van der Waals surface area (Å²) in [6, 6.07) is 5.17. The van der Waals surface area contributed by atoms with Crippen molar-refractivity contribution in [1.29, 1.82) is 0 Å². The predicted octanol–water partition coefficient (Wildman–Crippen LogP) is 2.57. The molecule has 2 unspecified atom stereocenters. The van der Waals surface area contributed by atoms with Gasteiger partial charge in [0.15, 0.2) is 0 Å². The van der Waals surface area contributed by atoms with Gasteiger partial charge < -0.3 is 15.6 Å². The number of nitrogens with two attached hydrogens (primary N) is 1. The van der Waals surface area contributed by atoms with Crippen molar-refractivity contribution in [2.24, 2.45) is 11.7 Å². The fourth-order valence-electron chi connectivity index (χ4n) is 1.67. The van der Waals surface area contributed by atoms with Crippen LogP contribution in [0.4, 0.5) is 0 Å². The summed E-state index contributed by atoms with van der Waals surface area (Å²) in [6.45, 7) is 1.82. The van der Waals surface area contributed by atoms with E-state index in [4.69, 9.17) is 15.6 Å². The van der Waals surface area contributed by atoms with Crippen molar-refractivity contribution in [3.05, 3.63) is 28.2 Å². The maximum absolute atomic E-state index is 10.7. The van der Waals surface area contributed by atoms with Crippen molar-refractivity contribution in [3.8, 4) is 5.75 Å². The summed E-state index contributed by atoms with van der Waals surface area (Å²) < 4.78 is 6.12. The minimum Gasteiger partial charge on any atom is -0.496 e. The number of carboxylic acids is 1. The molecule has 0 bridgehead atoms. The molecule has 17 heavy (non-hydrogen) atoms. The molecule has 3 N–H and O–H groups in total. The molecule has 0 aliphatic heterocycles. The monoisotopic (exact) mass is 301 g/mol. The number of halogens is 1. The normalized spacial score (nSPS) is 14.1. The van der Waals surface area contributed by atoms with Crippen molar-refractivity contribution in [2.75, 3.05) is 7.11 Å². The van der Waals surface area contributed by atoms with Gasteiger partial charge in [0.25, 0.3) is 0 Å². The van der Waals surface area contributed by atoms with E-state index in [1.807, 2.05) is 25.1 Å². The van der Waals surface area contributed by atoms with Crippen LogP contribution in [0.25, 0.3) is 0 Å². The Balaban J connectivity index is 2.97. The average Bonchev–Trinajstić information content (AvgIpc) is 2.27.